The Hall–Kier alpha value is -1.69. The van der Waals surface area contributed by atoms with Crippen LogP contribution in [0, 0.1) is 11.8 Å². The Balaban J connectivity index is 2.39. The summed E-state index contributed by atoms with van der Waals surface area (Å²) >= 11 is 0. The molecule has 5 atom stereocenters. The van der Waals surface area contributed by atoms with E-state index in [0.29, 0.717) is 25.7 Å². The summed E-state index contributed by atoms with van der Waals surface area (Å²) in [6, 6.07) is 0. The molecule has 0 saturated heterocycles. The molecule has 4 N–H and O–H groups in total. The molecule has 1 aliphatic carbocycles. The van der Waals surface area contributed by atoms with Crippen molar-refractivity contribution in [3.8, 4) is 0 Å². The van der Waals surface area contributed by atoms with Crippen molar-refractivity contribution in [1.29, 1.82) is 0 Å². The topological polar surface area (TPSA) is 98.0 Å². The van der Waals surface area contributed by atoms with Gasteiger partial charge in [0, 0.05) is 18.8 Å². The van der Waals surface area contributed by atoms with Gasteiger partial charge < -0.3 is 20.4 Å². The van der Waals surface area contributed by atoms with Gasteiger partial charge in [-0.15, -0.1) is 0 Å². The van der Waals surface area contributed by atoms with Crippen molar-refractivity contribution in [1.82, 2.24) is 0 Å². The lowest BCUT2D eigenvalue weighted by atomic mass is 9.89. The van der Waals surface area contributed by atoms with Gasteiger partial charge in [0.05, 0.1) is 18.3 Å². The summed E-state index contributed by atoms with van der Waals surface area (Å²) in [5.74, 6) is -0.955. The molecule has 0 aromatic carbocycles. The van der Waals surface area contributed by atoms with E-state index in [9.17, 15) is 20.1 Å². The third kappa shape index (κ3) is 9.70. The van der Waals surface area contributed by atoms with Gasteiger partial charge in [0.1, 0.15) is 0 Å². The summed E-state index contributed by atoms with van der Waals surface area (Å²) in [6.07, 6.45) is 17.4. The van der Waals surface area contributed by atoms with Crippen LogP contribution in [-0.2, 0) is 4.79 Å². The fourth-order valence-corrected chi connectivity index (χ4v) is 3.29. The predicted octanol–water partition coefficient (Wildman–Crippen LogP) is 3.38. The predicted molar refractivity (Wildman–Crippen MR) is 107 cm³/mol. The number of carbonyl (C=O) groups is 1. The summed E-state index contributed by atoms with van der Waals surface area (Å²) in [5.41, 5.74) is 0. The summed E-state index contributed by atoms with van der Waals surface area (Å²) in [7, 11) is 0. The standard InChI is InChI=1S/C22H34O5/c1-2-3-8-12-18-19(21(25)16-20(18)24)15-14-17(23)11-9-6-4-5-7-10-13-22(26)27/h3,5-9,14-15,17-21,23-25H,2,4,10-13,16H2,1H3,(H,26,27)/b7-5-,8-3-,9-6-,15-14+/t17-,18-,19+,20+,21-/m0/s1. The lowest BCUT2D eigenvalue weighted by Gasteiger charge is -2.19. The zero-order chi connectivity index (χ0) is 20.1. The van der Waals surface area contributed by atoms with Crippen molar-refractivity contribution >= 4 is 5.97 Å². The maximum atomic E-state index is 10.4. The third-order valence-corrected chi connectivity index (χ3v) is 4.79. The Morgan fingerprint density at radius 2 is 1.81 bits per heavy atom. The lowest BCUT2D eigenvalue weighted by Crippen LogP contribution is -2.20. The van der Waals surface area contributed by atoms with E-state index in [-0.39, 0.29) is 18.3 Å². The highest BCUT2D eigenvalue weighted by molar-refractivity contribution is 5.66. The molecule has 0 aromatic rings. The molecule has 1 rings (SSSR count). The van der Waals surface area contributed by atoms with E-state index in [1.54, 1.807) is 6.08 Å². The highest BCUT2D eigenvalue weighted by atomic mass is 16.4. The second-order valence-electron chi connectivity index (χ2n) is 7.03. The van der Waals surface area contributed by atoms with Crippen molar-refractivity contribution < 1.29 is 25.2 Å². The van der Waals surface area contributed by atoms with Crippen LogP contribution in [0.25, 0.3) is 0 Å². The highest BCUT2D eigenvalue weighted by Gasteiger charge is 2.39. The summed E-state index contributed by atoms with van der Waals surface area (Å²) < 4.78 is 0. The van der Waals surface area contributed by atoms with Gasteiger partial charge in [-0.3, -0.25) is 4.79 Å². The number of carboxylic acids is 1. The first kappa shape index (κ1) is 23.3. The Kier molecular flexibility index (Phi) is 11.7. The van der Waals surface area contributed by atoms with E-state index in [2.05, 4.69) is 19.1 Å². The minimum atomic E-state index is -0.798. The van der Waals surface area contributed by atoms with E-state index in [1.807, 2.05) is 30.4 Å². The molecule has 0 bridgehead atoms. The molecule has 0 radical (unpaired) electrons. The molecule has 0 spiro atoms. The first-order chi connectivity index (χ1) is 13.0. The van der Waals surface area contributed by atoms with Crippen molar-refractivity contribution in [3.05, 3.63) is 48.6 Å². The highest BCUT2D eigenvalue weighted by Crippen LogP contribution is 2.36. The van der Waals surface area contributed by atoms with E-state index >= 15 is 0 Å². The summed E-state index contributed by atoms with van der Waals surface area (Å²) in [5, 5.41) is 38.9. The molecule has 0 unspecified atom stereocenters. The number of carboxylic acid groups (broad SMARTS) is 1. The van der Waals surface area contributed by atoms with Crippen LogP contribution in [-0.4, -0.2) is 44.7 Å². The van der Waals surface area contributed by atoms with Gasteiger partial charge >= 0.3 is 5.97 Å². The normalized spacial score (nSPS) is 27.6. The first-order valence-electron chi connectivity index (χ1n) is 9.85. The summed E-state index contributed by atoms with van der Waals surface area (Å²) in [6.45, 7) is 2.06. The van der Waals surface area contributed by atoms with Crippen LogP contribution in [0.15, 0.2) is 48.6 Å². The molecule has 0 aliphatic heterocycles. The second kappa shape index (κ2) is 13.5. The number of aliphatic carboxylic acids is 1. The molecule has 5 heteroatoms. The van der Waals surface area contributed by atoms with Crippen LogP contribution >= 0.6 is 0 Å². The Bertz CT molecular complexity index is 535. The van der Waals surface area contributed by atoms with E-state index in [4.69, 9.17) is 5.11 Å². The van der Waals surface area contributed by atoms with E-state index < -0.39 is 24.3 Å². The number of hydrogen-bond donors (Lipinski definition) is 4. The number of hydrogen-bond acceptors (Lipinski definition) is 4. The fourth-order valence-electron chi connectivity index (χ4n) is 3.29. The van der Waals surface area contributed by atoms with Gasteiger partial charge in [-0.25, -0.2) is 0 Å². The average molecular weight is 379 g/mol. The molecule has 1 fully saturated rings. The van der Waals surface area contributed by atoms with Gasteiger partial charge in [-0.05, 0) is 38.0 Å². The van der Waals surface area contributed by atoms with Crippen LogP contribution in [0.3, 0.4) is 0 Å². The molecule has 1 aliphatic rings. The van der Waals surface area contributed by atoms with Crippen LogP contribution < -0.4 is 0 Å². The number of allylic oxidation sites excluding steroid dienone is 5. The zero-order valence-electron chi connectivity index (χ0n) is 16.2. The number of aliphatic hydroxyl groups is 3. The quantitative estimate of drug-likeness (QED) is 0.390. The molecule has 0 amide bonds. The Morgan fingerprint density at radius 3 is 2.52 bits per heavy atom. The second-order valence-corrected chi connectivity index (χ2v) is 7.03. The number of rotatable bonds is 12. The van der Waals surface area contributed by atoms with Gasteiger partial charge in [0.2, 0.25) is 0 Å². The Labute approximate surface area is 162 Å². The van der Waals surface area contributed by atoms with Crippen molar-refractivity contribution in [2.45, 2.75) is 70.2 Å². The zero-order valence-corrected chi connectivity index (χ0v) is 16.2. The van der Waals surface area contributed by atoms with Crippen LogP contribution in [0.5, 0.6) is 0 Å². The SMILES string of the molecule is CC/C=C\C[C@H]1[C@@H](/C=C/[C@@H](O)C/C=C\C/C=C\CCC(=O)O)[C@@H](O)C[C@H]1O. The molecule has 1 saturated carbocycles. The van der Waals surface area contributed by atoms with Crippen molar-refractivity contribution in [2.75, 3.05) is 0 Å². The largest absolute Gasteiger partial charge is 0.481 e. The van der Waals surface area contributed by atoms with Gasteiger partial charge in [-0.1, -0.05) is 55.5 Å². The van der Waals surface area contributed by atoms with Crippen LogP contribution in [0.2, 0.25) is 0 Å². The minimum absolute atomic E-state index is 0.0160. The van der Waals surface area contributed by atoms with Crippen molar-refractivity contribution in [2.24, 2.45) is 11.8 Å². The monoisotopic (exact) mass is 378 g/mol. The van der Waals surface area contributed by atoms with Crippen LogP contribution in [0.1, 0.15) is 51.9 Å². The van der Waals surface area contributed by atoms with Gasteiger partial charge in [0.15, 0.2) is 0 Å². The van der Waals surface area contributed by atoms with Gasteiger partial charge in [-0.2, -0.15) is 0 Å². The molecule has 0 heterocycles. The molecular weight excluding hydrogens is 344 g/mol. The van der Waals surface area contributed by atoms with Crippen molar-refractivity contribution in [3.63, 3.8) is 0 Å². The Morgan fingerprint density at radius 1 is 1.07 bits per heavy atom. The fraction of sp³-hybridized carbons (Fsp3) is 0.591. The minimum Gasteiger partial charge on any atom is -0.481 e. The summed E-state index contributed by atoms with van der Waals surface area (Å²) in [4.78, 5) is 10.4. The molecule has 152 valence electrons. The lowest BCUT2D eigenvalue weighted by molar-refractivity contribution is -0.136. The van der Waals surface area contributed by atoms with E-state index in [0.717, 1.165) is 12.8 Å². The maximum absolute atomic E-state index is 10.4. The van der Waals surface area contributed by atoms with E-state index in [1.165, 1.54) is 0 Å². The smallest absolute Gasteiger partial charge is 0.303 e. The maximum Gasteiger partial charge on any atom is 0.303 e. The molecular formula is C22H34O5. The van der Waals surface area contributed by atoms with Gasteiger partial charge in [0.25, 0.3) is 0 Å². The molecule has 0 aromatic heterocycles. The molecule has 27 heavy (non-hydrogen) atoms. The first-order valence-corrected chi connectivity index (χ1v) is 9.85. The molecule has 5 nitrogen and oxygen atoms in total. The average Bonchev–Trinajstić information content (AvgIpc) is 2.88. The number of aliphatic hydroxyl groups excluding tert-OH is 3. The van der Waals surface area contributed by atoms with Crippen LogP contribution in [0.4, 0.5) is 0 Å². The third-order valence-electron chi connectivity index (χ3n) is 4.79.